The quantitative estimate of drug-likeness (QED) is 0.853. The van der Waals surface area contributed by atoms with Crippen LogP contribution in [0, 0.1) is 11.8 Å². The summed E-state index contributed by atoms with van der Waals surface area (Å²) < 4.78 is 78.0. The van der Waals surface area contributed by atoms with E-state index in [1.165, 1.54) is 0 Å². The van der Waals surface area contributed by atoms with Crippen LogP contribution in [0.4, 0.5) is 26.3 Å². The van der Waals surface area contributed by atoms with E-state index in [0.29, 0.717) is 4.68 Å². The van der Waals surface area contributed by atoms with Crippen molar-refractivity contribution in [2.24, 2.45) is 18.9 Å². The predicted octanol–water partition coefficient (Wildman–Crippen LogP) is 2.13. The summed E-state index contributed by atoms with van der Waals surface area (Å²) in [5, 5.41) is 12.4. The van der Waals surface area contributed by atoms with Crippen LogP contribution in [-0.4, -0.2) is 45.0 Å². The maximum Gasteiger partial charge on any atom is 0.433 e. The SMILES string of the molecule is Cn1ncc(CN2C[C@@H](C(F)(F)F)[C@H](C(=O)O)C2)c1C(F)(F)F. The molecule has 2 heterocycles. The summed E-state index contributed by atoms with van der Waals surface area (Å²) in [7, 11) is 1.08. The summed E-state index contributed by atoms with van der Waals surface area (Å²) in [6.07, 6.45) is -8.49. The zero-order valence-corrected chi connectivity index (χ0v) is 11.8. The van der Waals surface area contributed by atoms with Crippen LogP contribution in [-0.2, 0) is 24.6 Å². The van der Waals surface area contributed by atoms with Gasteiger partial charge in [0.25, 0.3) is 0 Å². The topological polar surface area (TPSA) is 58.4 Å². The number of hydrogen-bond acceptors (Lipinski definition) is 3. The third-order valence-corrected chi connectivity index (χ3v) is 3.81. The molecule has 2 atom stereocenters. The number of alkyl halides is 6. The highest BCUT2D eigenvalue weighted by Crippen LogP contribution is 2.39. The maximum atomic E-state index is 12.9. The largest absolute Gasteiger partial charge is 0.481 e. The summed E-state index contributed by atoms with van der Waals surface area (Å²) >= 11 is 0. The van der Waals surface area contributed by atoms with Crippen molar-refractivity contribution in [3.63, 3.8) is 0 Å². The molecule has 0 amide bonds. The lowest BCUT2D eigenvalue weighted by Crippen LogP contribution is -2.33. The van der Waals surface area contributed by atoms with Crippen molar-refractivity contribution >= 4 is 5.97 Å². The Bertz CT molecular complexity index is 595. The molecule has 2 rings (SSSR count). The van der Waals surface area contributed by atoms with E-state index in [-0.39, 0.29) is 5.56 Å². The molecule has 1 fully saturated rings. The molecule has 1 aliphatic heterocycles. The van der Waals surface area contributed by atoms with Gasteiger partial charge < -0.3 is 5.11 Å². The van der Waals surface area contributed by atoms with Crippen molar-refractivity contribution in [3.05, 3.63) is 17.5 Å². The van der Waals surface area contributed by atoms with Crippen LogP contribution in [0.5, 0.6) is 0 Å². The minimum Gasteiger partial charge on any atom is -0.481 e. The fraction of sp³-hybridized carbons (Fsp3) is 0.667. The zero-order valence-electron chi connectivity index (χ0n) is 11.8. The van der Waals surface area contributed by atoms with Crippen molar-refractivity contribution in [1.82, 2.24) is 14.7 Å². The van der Waals surface area contributed by atoms with E-state index >= 15 is 0 Å². The van der Waals surface area contributed by atoms with E-state index in [1.54, 1.807) is 0 Å². The van der Waals surface area contributed by atoms with Gasteiger partial charge in [0.15, 0.2) is 0 Å². The molecule has 5 nitrogen and oxygen atoms in total. The molecule has 0 aromatic carbocycles. The first kappa shape index (κ1) is 17.6. The maximum absolute atomic E-state index is 12.9. The third-order valence-electron chi connectivity index (χ3n) is 3.81. The van der Waals surface area contributed by atoms with E-state index in [2.05, 4.69) is 5.10 Å². The number of rotatable bonds is 3. The highest BCUT2D eigenvalue weighted by atomic mass is 19.4. The Morgan fingerprint density at radius 2 is 1.91 bits per heavy atom. The number of aliphatic carboxylic acids is 1. The Morgan fingerprint density at radius 3 is 2.35 bits per heavy atom. The van der Waals surface area contributed by atoms with Gasteiger partial charge in [0, 0.05) is 32.2 Å². The molecular weight excluding hydrogens is 332 g/mol. The molecule has 0 radical (unpaired) electrons. The summed E-state index contributed by atoms with van der Waals surface area (Å²) in [6, 6.07) is 0. The van der Waals surface area contributed by atoms with Crippen molar-refractivity contribution < 1.29 is 36.2 Å². The van der Waals surface area contributed by atoms with Crippen LogP contribution in [0.25, 0.3) is 0 Å². The second kappa shape index (κ2) is 5.69. The Labute approximate surface area is 126 Å². The smallest absolute Gasteiger partial charge is 0.433 e. The molecule has 1 aliphatic rings. The first-order chi connectivity index (χ1) is 10.4. The molecule has 1 aromatic rings. The number of aromatic nitrogens is 2. The zero-order chi connectivity index (χ0) is 17.6. The third kappa shape index (κ3) is 3.59. The number of likely N-dealkylation sites (tertiary alicyclic amines) is 1. The highest BCUT2D eigenvalue weighted by Gasteiger charge is 2.52. The Hall–Kier alpha value is -1.78. The monoisotopic (exact) mass is 345 g/mol. The molecule has 0 spiro atoms. The lowest BCUT2D eigenvalue weighted by Gasteiger charge is -2.18. The summed E-state index contributed by atoms with van der Waals surface area (Å²) in [6.45, 7) is -1.57. The van der Waals surface area contributed by atoms with Gasteiger partial charge in [-0.3, -0.25) is 14.4 Å². The fourth-order valence-electron chi connectivity index (χ4n) is 2.80. The van der Waals surface area contributed by atoms with Crippen LogP contribution in [0.3, 0.4) is 0 Å². The normalized spacial score (nSPS) is 23.4. The Kier molecular flexibility index (Phi) is 4.35. The van der Waals surface area contributed by atoms with Gasteiger partial charge in [-0.2, -0.15) is 31.4 Å². The molecule has 130 valence electrons. The number of carboxylic acid groups (broad SMARTS) is 1. The van der Waals surface area contributed by atoms with Gasteiger partial charge in [-0.15, -0.1) is 0 Å². The standard InChI is InChI=1S/C12H13F6N3O2/c1-20-9(12(16,17)18)6(2-19-20)3-21-4-7(10(22)23)8(5-21)11(13,14)15/h2,7-8H,3-5H2,1H3,(H,22,23)/t7-,8-/m1/s1. The minimum atomic E-state index is -4.72. The van der Waals surface area contributed by atoms with Crippen LogP contribution in [0.15, 0.2) is 6.20 Å². The van der Waals surface area contributed by atoms with Crippen molar-refractivity contribution in [1.29, 1.82) is 0 Å². The number of hydrogen-bond donors (Lipinski definition) is 1. The number of aryl methyl sites for hydroxylation is 1. The van der Waals surface area contributed by atoms with E-state index < -0.39 is 55.5 Å². The average molecular weight is 345 g/mol. The molecule has 1 N–H and O–H groups in total. The van der Waals surface area contributed by atoms with Gasteiger partial charge in [0.2, 0.25) is 0 Å². The van der Waals surface area contributed by atoms with E-state index in [4.69, 9.17) is 5.11 Å². The summed E-state index contributed by atoms with van der Waals surface area (Å²) in [5.41, 5.74) is -1.34. The van der Waals surface area contributed by atoms with Gasteiger partial charge >= 0.3 is 18.3 Å². The molecule has 0 unspecified atom stereocenters. The van der Waals surface area contributed by atoms with Gasteiger partial charge in [-0.05, 0) is 0 Å². The molecule has 1 aromatic heterocycles. The summed E-state index contributed by atoms with van der Waals surface area (Å²) in [5.74, 6) is -5.41. The molecule has 0 bridgehead atoms. The van der Waals surface area contributed by atoms with Gasteiger partial charge in [-0.1, -0.05) is 0 Å². The lowest BCUT2D eigenvalue weighted by atomic mass is 9.96. The molecule has 0 saturated carbocycles. The van der Waals surface area contributed by atoms with Gasteiger partial charge in [-0.25, -0.2) is 0 Å². The van der Waals surface area contributed by atoms with Crippen molar-refractivity contribution in [2.45, 2.75) is 18.9 Å². The molecular formula is C12H13F6N3O2. The van der Waals surface area contributed by atoms with Crippen molar-refractivity contribution in [2.75, 3.05) is 13.1 Å². The average Bonchev–Trinajstić information content (AvgIpc) is 2.92. The van der Waals surface area contributed by atoms with E-state index in [1.807, 2.05) is 0 Å². The van der Waals surface area contributed by atoms with Crippen LogP contribution < -0.4 is 0 Å². The molecule has 0 aliphatic carbocycles. The van der Waals surface area contributed by atoms with Gasteiger partial charge in [0.05, 0.1) is 18.0 Å². The van der Waals surface area contributed by atoms with Crippen LogP contribution in [0.1, 0.15) is 11.3 Å². The number of carboxylic acids is 1. The van der Waals surface area contributed by atoms with E-state index in [0.717, 1.165) is 18.1 Å². The first-order valence-electron chi connectivity index (χ1n) is 6.51. The highest BCUT2D eigenvalue weighted by molar-refractivity contribution is 5.71. The van der Waals surface area contributed by atoms with Crippen molar-refractivity contribution in [3.8, 4) is 0 Å². The van der Waals surface area contributed by atoms with Crippen LogP contribution in [0.2, 0.25) is 0 Å². The van der Waals surface area contributed by atoms with Gasteiger partial charge in [0.1, 0.15) is 5.69 Å². The fourth-order valence-corrected chi connectivity index (χ4v) is 2.80. The molecule has 23 heavy (non-hydrogen) atoms. The molecule has 1 saturated heterocycles. The lowest BCUT2D eigenvalue weighted by molar-refractivity contribution is -0.188. The second-order valence-electron chi connectivity index (χ2n) is 5.43. The van der Waals surface area contributed by atoms with Crippen LogP contribution >= 0.6 is 0 Å². The number of halogens is 6. The first-order valence-corrected chi connectivity index (χ1v) is 6.51. The van der Waals surface area contributed by atoms with E-state index in [9.17, 15) is 31.1 Å². The predicted molar refractivity (Wildman–Crippen MR) is 64.2 cm³/mol. The Morgan fingerprint density at radius 1 is 1.30 bits per heavy atom. The molecule has 11 heteroatoms. The summed E-state index contributed by atoms with van der Waals surface area (Å²) in [4.78, 5) is 12.0. The Balaban J connectivity index is 2.21. The number of nitrogens with zero attached hydrogens (tertiary/aromatic N) is 3. The second-order valence-corrected chi connectivity index (χ2v) is 5.43. The minimum absolute atomic E-state index is 0.285. The number of carbonyl (C=O) groups is 1.